The third-order valence-corrected chi connectivity index (χ3v) is 10.2. The van der Waals surface area contributed by atoms with Gasteiger partial charge in [0, 0.05) is 48.6 Å². The number of nitrogens with one attached hydrogen (secondary N) is 2. The summed E-state index contributed by atoms with van der Waals surface area (Å²) in [5.41, 5.74) is 4.71. The van der Waals surface area contributed by atoms with Crippen molar-refractivity contribution in [1.82, 2.24) is 18.9 Å². The van der Waals surface area contributed by atoms with Gasteiger partial charge in [0.1, 0.15) is 5.75 Å². The van der Waals surface area contributed by atoms with Crippen LogP contribution in [0.1, 0.15) is 71.8 Å². The number of carbonyl (C=O) groups excluding carboxylic acids is 1. The average Bonchev–Trinajstić information content (AvgIpc) is 3.54. The van der Waals surface area contributed by atoms with Crippen LogP contribution in [0.2, 0.25) is 0 Å². The largest absolute Gasteiger partial charge is 0.497 e. The van der Waals surface area contributed by atoms with E-state index in [1.165, 1.54) is 26.1 Å². The molecule has 3 aliphatic rings. The van der Waals surface area contributed by atoms with Crippen LogP contribution in [-0.2, 0) is 16.8 Å². The van der Waals surface area contributed by atoms with E-state index in [2.05, 4.69) is 20.7 Å². The Morgan fingerprint density at radius 1 is 1.10 bits per heavy atom. The number of hydrogen-bond acceptors (Lipinski definition) is 5. The number of benzene rings is 2. The molecule has 0 saturated heterocycles. The fourth-order valence-corrected chi connectivity index (χ4v) is 7.31. The molecule has 40 heavy (non-hydrogen) atoms. The molecule has 2 aromatic carbocycles. The lowest BCUT2D eigenvalue weighted by Crippen LogP contribution is -2.40. The maximum atomic E-state index is 13.1. The normalized spacial score (nSPS) is 22.1. The van der Waals surface area contributed by atoms with Crippen molar-refractivity contribution in [3.63, 3.8) is 0 Å². The van der Waals surface area contributed by atoms with E-state index in [9.17, 15) is 23.1 Å². The standard InChI is InChI=1S/C29H34N4O6S/c1-32(2)40(37,38)31-27(34)18-9-11-21-24(13-18)33-16-29(30-28(35)36)15-23(29)22-14-19(39-3)10-12-20(22)26(33)25(21)17-7-5-4-6-8-17/h9-14,17,23,30H,4-8,15-16H2,1-3H3,(H,31,34)(H,35,36)/t23-,29-/m0/s1. The van der Waals surface area contributed by atoms with Gasteiger partial charge in [-0.15, -0.1) is 0 Å². The molecule has 212 valence electrons. The molecule has 3 N–H and O–H groups in total. The summed E-state index contributed by atoms with van der Waals surface area (Å²) in [6.07, 6.45) is 5.18. The van der Waals surface area contributed by atoms with Crippen molar-refractivity contribution >= 4 is 33.1 Å². The Kier molecular flexibility index (Phi) is 6.34. The molecule has 2 fully saturated rings. The molecule has 1 aliphatic heterocycles. The van der Waals surface area contributed by atoms with Crippen molar-refractivity contribution in [3.8, 4) is 17.0 Å². The summed E-state index contributed by atoms with van der Waals surface area (Å²) >= 11 is 0. The lowest BCUT2D eigenvalue weighted by atomic mass is 9.81. The average molecular weight is 567 g/mol. The molecule has 1 aromatic heterocycles. The lowest BCUT2D eigenvalue weighted by Gasteiger charge is -2.24. The first-order valence-electron chi connectivity index (χ1n) is 13.6. The first-order chi connectivity index (χ1) is 19.0. The first kappa shape index (κ1) is 26.6. The van der Waals surface area contributed by atoms with Gasteiger partial charge >= 0.3 is 16.3 Å². The summed E-state index contributed by atoms with van der Waals surface area (Å²) in [7, 11) is 0.374. The molecular formula is C29H34N4O6S. The summed E-state index contributed by atoms with van der Waals surface area (Å²) < 4.78 is 35.5. The highest BCUT2D eigenvalue weighted by atomic mass is 32.2. The summed E-state index contributed by atoms with van der Waals surface area (Å²) in [6, 6.07) is 11.4. The molecule has 0 radical (unpaired) electrons. The maximum Gasteiger partial charge on any atom is 0.405 e. The van der Waals surface area contributed by atoms with Crippen molar-refractivity contribution in [2.75, 3.05) is 21.2 Å². The Hall–Kier alpha value is -3.57. The fraction of sp³-hybridized carbons (Fsp3) is 0.448. The van der Waals surface area contributed by atoms with Crippen LogP contribution < -0.4 is 14.8 Å². The Morgan fingerprint density at radius 2 is 1.85 bits per heavy atom. The summed E-state index contributed by atoms with van der Waals surface area (Å²) in [5.74, 6) is 0.320. The number of rotatable bonds is 6. The fourth-order valence-electron chi connectivity index (χ4n) is 6.78. The van der Waals surface area contributed by atoms with Crippen molar-refractivity contribution in [3.05, 3.63) is 53.1 Å². The molecular weight excluding hydrogens is 532 g/mol. The molecule has 6 rings (SSSR count). The van der Waals surface area contributed by atoms with Crippen LogP contribution in [0.5, 0.6) is 5.75 Å². The highest BCUT2D eigenvalue weighted by molar-refractivity contribution is 7.87. The second-order valence-corrected chi connectivity index (χ2v) is 13.3. The van der Waals surface area contributed by atoms with E-state index in [1.54, 1.807) is 19.2 Å². The third-order valence-electron chi connectivity index (χ3n) is 8.84. The van der Waals surface area contributed by atoms with Gasteiger partial charge in [0.15, 0.2) is 0 Å². The molecule has 2 heterocycles. The summed E-state index contributed by atoms with van der Waals surface area (Å²) in [6.45, 7) is 0.403. The molecule has 0 bridgehead atoms. The molecule has 11 heteroatoms. The van der Waals surface area contributed by atoms with Gasteiger partial charge in [-0.05, 0) is 66.6 Å². The van der Waals surface area contributed by atoms with Gasteiger partial charge in [-0.25, -0.2) is 9.52 Å². The number of nitrogens with zero attached hydrogens (tertiary/aromatic N) is 2. The summed E-state index contributed by atoms with van der Waals surface area (Å²) in [4.78, 5) is 25.0. The van der Waals surface area contributed by atoms with Crippen molar-refractivity contribution in [1.29, 1.82) is 0 Å². The van der Waals surface area contributed by atoms with Crippen LogP contribution in [0.15, 0.2) is 36.4 Å². The van der Waals surface area contributed by atoms with Crippen LogP contribution in [0.25, 0.3) is 22.2 Å². The van der Waals surface area contributed by atoms with Gasteiger partial charge < -0.3 is 19.7 Å². The molecule has 2 aliphatic carbocycles. The number of aromatic nitrogens is 1. The first-order valence-corrected chi connectivity index (χ1v) is 15.1. The van der Waals surface area contributed by atoms with Crippen molar-refractivity contribution in [2.24, 2.45) is 0 Å². The van der Waals surface area contributed by atoms with Crippen LogP contribution in [0.4, 0.5) is 4.79 Å². The molecule has 2 atom stereocenters. The number of carboxylic acid groups (broad SMARTS) is 1. The Balaban J connectivity index is 1.59. The van der Waals surface area contributed by atoms with E-state index >= 15 is 0 Å². The Labute approximate surface area is 233 Å². The quantitative estimate of drug-likeness (QED) is 0.405. The number of carbonyl (C=O) groups is 2. The van der Waals surface area contributed by atoms with Crippen molar-refractivity contribution < 1.29 is 27.9 Å². The van der Waals surface area contributed by atoms with Gasteiger partial charge in [0.05, 0.1) is 18.3 Å². The van der Waals surface area contributed by atoms with Gasteiger partial charge in [0.2, 0.25) is 0 Å². The van der Waals surface area contributed by atoms with Gasteiger partial charge in [-0.2, -0.15) is 12.7 Å². The zero-order valence-corrected chi connectivity index (χ0v) is 23.7. The molecule has 2 saturated carbocycles. The predicted octanol–water partition coefficient (Wildman–Crippen LogP) is 4.41. The van der Waals surface area contributed by atoms with Gasteiger partial charge in [-0.1, -0.05) is 25.3 Å². The molecule has 3 aromatic rings. The zero-order chi connectivity index (χ0) is 28.4. The number of fused-ring (bicyclic) bond motifs is 7. The Bertz CT molecular complexity index is 1640. The minimum Gasteiger partial charge on any atom is -0.497 e. The minimum absolute atomic E-state index is 0.0143. The number of hydrogen-bond donors (Lipinski definition) is 3. The zero-order valence-electron chi connectivity index (χ0n) is 22.9. The molecule has 10 nitrogen and oxygen atoms in total. The van der Waals surface area contributed by atoms with Crippen LogP contribution in [-0.4, -0.2) is 61.1 Å². The molecule has 2 amide bonds. The van der Waals surface area contributed by atoms with E-state index in [4.69, 9.17) is 4.74 Å². The summed E-state index contributed by atoms with van der Waals surface area (Å²) in [5, 5.41) is 13.6. The highest BCUT2D eigenvalue weighted by Crippen LogP contribution is 2.59. The van der Waals surface area contributed by atoms with Crippen LogP contribution in [0.3, 0.4) is 0 Å². The topological polar surface area (TPSA) is 130 Å². The lowest BCUT2D eigenvalue weighted by molar-refractivity contribution is 0.0979. The predicted molar refractivity (Wildman–Crippen MR) is 151 cm³/mol. The van der Waals surface area contributed by atoms with E-state index in [-0.39, 0.29) is 11.5 Å². The second kappa shape index (κ2) is 9.52. The number of amides is 2. The van der Waals surface area contributed by atoms with Crippen LogP contribution in [0, 0.1) is 0 Å². The Morgan fingerprint density at radius 3 is 2.52 bits per heavy atom. The number of methoxy groups -OCH3 is 1. The van der Waals surface area contributed by atoms with Crippen LogP contribution >= 0.6 is 0 Å². The maximum absolute atomic E-state index is 13.1. The highest BCUT2D eigenvalue weighted by Gasteiger charge is 2.59. The number of ether oxygens (including phenoxy) is 1. The third kappa shape index (κ3) is 4.32. The van der Waals surface area contributed by atoms with Crippen molar-refractivity contribution in [2.45, 2.75) is 62.4 Å². The smallest absolute Gasteiger partial charge is 0.405 e. The van der Waals surface area contributed by atoms with Gasteiger partial charge in [-0.3, -0.25) is 4.79 Å². The molecule has 0 spiro atoms. The van der Waals surface area contributed by atoms with Gasteiger partial charge in [0.25, 0.3) is 5.91 Å². The van der Waals surface area contributed by atoms with E-state index in [0.717, 1.165) is 63.5 Å². The SMILES string of the molecule is COc1ccc2c(c1)[C@@H]1C[C@]1(NC(=O)O)Cn1c-2c(C2CCCCC2)c2ccc(C(=O)NS(=O)(=O)N(C)C)cc21. The molecule has 0 unspecified atom stereocenters. The minimum atomic E-state index is -3.97. The second-order valence-electron chi connectivity index (χ2n) is 11.4. The van der Waals surface area contributed by atoms with E-state index < -0.39 is 27.7 Å². The van der Waals surface area contributed by atoms with E-state index in [1.807, 2.05) is 18.2 Å². The monoisotopic (exact) mass is 566 g/mol. The van der Waals surface area contributed by atoms with E-state index in [0.29, 0.717) is 18.9 Å².